The second kappa shape index (κ2) is 13.2. The van der Waals surface area contributed by atoms with Gasteiger partial charge in [0.2, 0.25) is 0 Å². The Labute approximate surface area is 206 Å². The molecule has 2 aliphatic rings. The molecule has 2 heterocycles. The number of urea groups is 1. The third-order valence-corrected chi connectivity index (χ3v) is 7.46. The van der Waals surface area contributed by atoms with E-state index in [1.165, 1.54) is 45.2 Å². The molecular weight excluding hydrogens is 430 g/mol. The zero-order valence-corrected chi connectivity index (χ0v) is 21.8. The van der Waals surface area contributed by atoms with Gasteiger partial charge < -0.3 is 29.3 Å². The van der Waals surface area contributed by atoms with Gasteiger partial charge in [0.05, 0.1) is 20.3 Å². The molecule has 2 aliphatic heterocycles. The van der Waals surface area contributed by atoms with Crippen LogP contribution in [0.4, 0.5) is 4.79 Å². The standard InChI is InChI=1S/C27H45N3O4/c1-20(2)26(21-12-13-24(33-4)25(18-21)34-5)28-27(31)30(16-9-17-32-3)19-22-10-8-15-29-14-7-6-11-23(22)29/h12-13,18,20,22-23,26H,6-11,14-17,19H2,1-5H3,(H,28,31). The van der Waals surface area contributed by atoms with Gasteiger partial charge in [-0.1, -0.05) is 26.3 Å². The number of hydrogen-bond acceptors (Lipinski definition) is 5. The minimum atomic E-state index is -0.116. The number of benzene rings is 1. The van der Waals surface area contributed by atoms with E-state index in [2.05, 4.69) is 24.1 Å². The van der Waals surface area contributed by atoms with Crippen molar-refractivity contribution in [2.45, 2.75) is 64.5 Å². The van der Waals surface area contributed by atoms with Crippen LogP contribution in [0, 0.1) is 11.8 Å². The van der Waals surface area contributed by atoms with Crippen molar-refractivity contribution < 1.29 is 19.0 Å². The molecule has 3 unspecified atom stereocenters. The molecule has 0 aliphatic carbocycles. The summed E-state index contributed by atoms with van der Waals surface area (Å²) in [7, 11) is 4.99. The quantitative estimate of drug-likeness (QED) is 0.470. The number of ether oxygens (including phenoxy) is 3. The number of rotatable bonds is 11. The fraction of sp³-hybridized carbons (Fsp3) is 0.741. The largest absolute Gasteiger partial charge is 0.493 e. The van der Waals surface area contributed by atoms with Gasteiger partial charge in [0, 0.05) is 32.8 Å². The van der Waals surface area contributed by atoms with Gasteiger partial charge in [-0.25, -0.2) is 4.79 Å². The van der Waals surface area contributed by atoms with E-state index >= 15 is 0 Å². The number of fused-ring (bicyclic) bond motifs is 1. The molecule has 3 rings (SSSR count). The summed E-state index contributed by atoms with van der Waals surface area (Å²) < 4.78 is 16.2. The number of hydrogen-bond donors (Lipinski definition) is 1. The van der Waals surface area contributed by atoms with E-state index in [0.29, 0.717) is 36.6 Å². The SMILES string of the molecule is COCCCN(CC1CCCN2CCCCC12)C(=O)NC(c1ccc(OC)c(OC)c1)C(C)C. The molecule has 2 amide bonds. The van der Waals surface area contributed by atoms with Crippen molar-refractivity contribution in [2.24, 2.45) is 11.8 Å². The Bertz CT molecular complexity index is 770. The second-order valence-electron chi connectivity index (χ2n) is 10.1. The van der Waals surface area contributed by atoms with Gasteiger partial charge in [-0.15, -0.1) is 0 Å². The van der Waals surface area contributed by atoms with Crippen LogP contribution in [-0.2, 0) is 4.74 Å². The summed E-state index contributed by atoms with van der Waals surface area (Å²) in [4.78, 5) is 18.4. The molecule has 1 aromatic rings. The number of piperidine rings is 2. The Hall–Kier alpha value is -1.99. The van der Waals surface area contributed by atoms with Crippen LogP contribution in [0.1, 0.15) is 64.0 Å². The highest BCUT2D eigenvalue weighted by molar-refractivity contribution is 5.75. The summed E-state index contributed by atoms with van der Waals surface area (Å²) in [6.45, 7) is 8.88. The molecule has 1 N–H and O–H groups in total. The van der Waals surface area contributed by atoms with Crippen LogP contribution in [0.25, 0.3) is 0 Å². The van der Waals surface area contributed by atoms with Crippen molar-refractivity contribution in [3.8, 4) is 11.5 Å². The van der Waals surface area contributed by atoms with Gasteiger partial charge in [0.15, 0.2) is 11.5 Å². The molecule has 3 atom stereocenters. The van der Waals surface area contributed by atoms with Crippen LogP contribution < -0.4 is 14.8 Å². The number of carbonyl (C=O) groups is 1. The lowest BCUT2D eigenvalue weighted by Gasteiger charge is -2.45. The lowest BCUT2D eigenvalue weighted by atomic mass is 9.83. The van der Waals surface area contributed by atoms with Gasteiger partial charge in [0.1, 0.15) is 0 Å². The van der Waals surface area contributed by atoms with Crippen LogP contribution >= 0.6 is 0 Å². The highest BCUT2D eigenvalue weighted by atomic mass is 16.5. The molecule has 0 aromatic heterocycles. The molecule has 2 saturated heterocycles. The minimum Gasteiger partial charge on any atom is -0.493 e. The first-order chi connectivity index (χ1) is 16.5. The molecule has 192 valence electrons. The predicted octanol–water partition coefficient (Wildman–Crippen LogP) is 4.71. The average molecular weight is 476 g/mol. The van der Waals surface area contributed by atoms with E-state index in [1.807, 2.05) is 23.1 Å². The maximum absolute atomic E-state index is 13.6. The molecule has 7 nitrogen and oxygen atoms in total. The van der Waals surface area contributed by atoms with E-state index in [1.54, 1.807) is 21.3 Å². The third-order valence-electron chi connectivity index (χ3n) is 7.46. The van der Waals surface area contributed by atoms with E-state index in [4.69, 9.17) is 14.2 Å². The lowest BCUT2D eigenvalue weighted by Crippen LogP contribution is -2.53. The number of amides is 2. The van der Waals surface area contributed by atoms with Crippen molar-refractivity contribution in [1.82, 2.24) is 15.1 Å². The van der Waals surface area contributed by atoms with Crippen molar-refractivity contribution in [2.75, 3.05) is 54.1 Å². The molecule has 7 heteroatoms. The topological polar surface area (TPSA) is 63.3 Å². The number of carbonyl (C=O) groups excluding carboxylic acids is 1. The Morgan fingerprint density at radius 2 is 1.85 bits per heavy atom. The Morgan fingerprint density at radius 3 is 2.56 bits per heavy atom. The first-order valence-corrected chi connectivity index (χ1v) is 13.0. The van der Waals surface area contributed by atoms with Crippen LogP contribution in [-0.4, -0.2) is 76.0 Å². The highest BCUT2D eigenvalue weighted by Crippen LogP contribution is 2.33. The van der Waals surface area contributed by atoms with E-state index in [-0.39, 0.29) is 18.0 Å². The summed E-state index contributed by atoms with van der Waals surface area (Å²) in [5.74, 6) is 2.14. The number of nitrogens with one attached hydrogen (secondary N) is 1. The van der Waals surface area contributed by atoms with Gasteiger partial charge in [-0.05, 0) is 74.7 Å². The minimum absolute atomic E-state index is 0.0116. The van der Waals surface area contributed by atoms with E-state index in [9.17, 15) is 4.79 Å². The summed E-state index contributed by atoms with van der Waals surface area (Å²) in [6.07, 6.45) is 7.16. The lowest BCUT2D eigenvalue weighted by molar-refractivity contribution is 0.0442. The average Bonchev–Trinajstić information content (AvgIpc) is 2.86. The van der Waals surface area contributed by atoms with Gasteiger partial charge in [-0.2, -0.15) is 0 Å². The molecule has 0 spiro atoms. The van der Waals surface area contributed by atoms with Crippen LogP contribution in [0.5, 0.6) is 11.5 Å². The van der Waals surface area contributed by atoms with Gasteiger partial charge >= 0.3 is 6.03 Å². The van der Waals surface area contributed by atoms with Crippen molar-refractivity contribution in [1.29, 1.82) is 0 Å². The van der Waals surface area contributed by atoms with E-state index in [0.717, 1.165) is 18.5 Å². The smallest absolute Gasteiger partial charge is 0.317 e. The zero-order chi connectivity index (χ0) is 24.5. The first kappa shape index (κ1) is 26.6. The van der Waals surface area contributed by atoms with Crippen LogP contribution in [0.3, 0.4) is 0 Å². The molecular formula is C27H45N3O4. The van der Waals surface area contributed by atoms with Gasteiger partial charge in [0.25, 0.3) is 0 Å². The molecule has 0 saturated carbocycles. The van der Waals surface area contributed by atoms with Crippen molar-refractivity contribution >= 4 is 6.03 Å². The maximum atomic E-state index is 13.6. The molecule has 0 radical (unpaired) electrons. The van der Waals surface area contributed by atoms with Crippen LogP contribution in [0.2, 0.25) is 0 Å². The third kappa shape index (κ3) is 6.79. The zero-order valence-electron chi connectivity index (χ0n) is 21.8. The van der Waals surface area contributed by atoms with Crippen molar-refractivity contribution in [3.05, 3.63) is 23.8 Å². The summed E-state index contributed by atoms with van der Waals surface area (Å²) in [5, 5.41) is 3.35. The van der Waals surface area contributed by atoms with Gasteiger partial charge in [-0.3, -0.25) is 0 Å². The summed E-state index contributed by atoms with van der Waals surface area (Å²) in [5.41, 5.74) is 1.02. The Morgan fingerprint density at radius 1 is 1.09 bits per heavy atom. The second-order valence-corrected chi connectivity index (χ2v) is 10.1. The molecule has 2 fully saturated rings. The maximum Gasteiger partial charge on any atom is 0.317 e. The molecule has 0 bridgehead atoms. The molecule has 1 aromatic carbocycles. The number of methoxy groups -OCH3 is 3. The fourth-order valence-electron chi connectivity index (χ4n) is 5.65. The summed E-state index contributed by atoms with van der Waals surface area (Å²) >= 11 is 0. The van der Waals surface area contributed by atoms with E-state index < -0.39 is 0 Å². The monoisotopic (exact) mass is 475 g/mol. The number of nitrogens with zero attached hydrogens (tertiary/aromatic N) is 2. The first-order valence-electron chi connectivity index (χ1n) is 13.0. The van der Waals surface area contributed by atoms with Crippen LogP contribution in [0.15, 0.2) is 18.2 Å². The molecule has 34 heavy (non-hydrogen) atoms. The normalized spacial score (nSPS) is 21.6. The fourth-order valence-corrected chi connectivity index (χ4v) is 5.65. The van der Waals surface area contributed by atoms with Crippen molar-refractivity contribution in [3.63, 3.8) is 0 Å². The highest BCUT2D eigenvalue weighted by Gasteiger charge is 2.35. The Kier molecular flexibility index (Phi) is 10.3. The summed E-state index contributed by atoms with van der Waals surface area (Å²) in [6, 6.07) is 6.41. The predicted molar refractivity (Wildman–Crippen MR) is 136 cm³/mol. The Balaban J connectivity index is 1.75.